The molecule has 0 aromatic heterocycles. The number of hydrogen-bond acceptors (Lipinski definition) is 3. The van der Waals surface area contributed by atoms with Crippen molar-refractivity contribution in [3.8, 4) is 0 Å². The van der Waals surface area contributed by atoms with Crippen LogP contribution in [0.4, 0.5) is 0 Å². The van der Waals surface area contributed by atoms with Gasteiger partial charge in [-0.25, -0.2) is 0 Å². The van der Waals surface area contributed by atoms with E-state index in [0.29, 0.717) is 5.92 Å². The van der Waals surface area contributed by atoms with Gasteiger partial charge in [0.1, 0.15) is 0 Å². The Morgan fingerprint density at radius 2 is 1.58 bits per heavy atom. The highest BCUT2D eigenvalue weighted by molar-refractivity contribution is 4.63. The Morgan fingerprint density at radius 1 is 1.00 bits per heavy atom. The zero-order valence-corrected chi connectivity index (χ0v) is 7.74. The van der Waals surface area contributed by atoms with Gasteiger partial charge in [-0.3, -0.25) is 0 Å². The number of rotatable bonds is 7. The summed E-state index contributed by atoms with van der Waals surface area (Å²) >= 11 is 0. The van der Waals surface area contributed by atoms with Gasteiger partial charge in [0.25, 0.3) is 0 Å². The van der Waals surface area contributed by atoms with E-state index in [4.69, 9.17) is 15.3 Å². The Bertz CT molecular complexity index is 91.8. The van der Waals surface area contributed by atoms with Crippen LogP contribution in [0, 0.1) is 11.8 Å². The highest BCUT2D eigenvalue weighted by Gasteiger charge is 2.13. The van der Waals surface area contributed by atoms with Crippen LogP contribution >= 0.6 is 0 Å². The normalized spacial score (nSPS) is 13.8. The summed E-state index contributed by atoms with van der Waals surface area (Å²) in [7, 11) is 0. The molecule has 0 aromatic carbocycles. The van der Waals surface area contributed by atoms with Gasteiger partial charge in [-0.15, -0.1) is 0 Å². The Labute approximate surface area is 74.0 Å². The van der Waals surface area contributed by atoms with Gasteiger partial charge in [-0.05, 0) is 18.8 Å². The molecule has 0 bridgehead atoms. The topological polar surface area (TPSA) is 60.7 Å². The van der Waals surface area contributed by atoms with Crippen molar-refractivity contribution in [2.45, 2.75) is 26.2 Å². The highest BCUT2D eigenvalue weighted by Crippen LogP contribution is 2.18. The van der Waals surface area contributed by atoms with E-state index in [9.17, 15) is 0 Å². The smallest absolute Gasteiger partial charge is 0.0481 e. The quantitative estimate of drug-likeness (QED) is 0.526. The van der Waals surface area contributed by atoms with Crippen LogP contribution in [0.2, 0.25) is 0 Å². The lowest BCUT2D eigenvalue weighted by Crippen LogP contribution is -2.16. The molecule has 3 N–H and O–H groups in total. The number of aliphatic hydroxyl groups excluding tert-OH is 3. The molecule has 1 unspecified atom stereocenters. The Hall–Kier alpha value is -0.120. The fraction of sp³-hybridized carbons (Fsp3) is 1.00. The van der Waals surface area contributed by atoms with Gasteiger partial charge in [-0.1, -0.05) is 13.3 Å². The molecule has 0 amide bonds. The second-order valence-corrected chi connectivity index (χ2v) is 3.25. The molecule has 0 heterocycles. The van der Waals surface area contributed by atoms with Crippen LogP contribution in [0.15, 0.2) is 0 Å². The maximum atomic E-state index is 8.82. The van der Waals surface area contributed by atoms with E-state index in [0.717, 1.165) is 19.3 Å². The lowest BCUT2D eigenvalue weighted by molar-refractivity contribution is 0.122. The van der Waals surface area contributed by atoms with Gasteiger partial charge < -0.3 is 15.3 Å². The van der Waals surface area contributed by atoms with Crippen molar-refractivity contribution in [1.29, 1.82) is 0 Å². The van der Waals surface area contributed by atoms with Crippen molar-refractivity contribution in [1.82, 2.24) is 0 Å². The van der Waals surface area contributed by atoms with E-state index in [2.05, 4.69) is 6.92 Å². The molecule has 74 valence electrons. The van der Waals surface area contributed by atoms with Crippen LogP contribution in [0.1, 0.15) is 26.2 Å². The molecule has 3 nitrogen and oxygen atoms in total. The van der Waals surface area contributed by atoms with Crippen molar-refractivity contribution < 1.29 is 15.3 Å². The monoisotopic (exact) mass is 176 g/mol. The van der Waals surface area contributed by atoms with Crippen molar-refractivity contribution in [2.24, 2.45) is 11.8 Å². The number of aliphatic hydroxyl groups is 3. The minimum atomic E-state index is -0.0125. The third-order valence-corrected chi connectivity index (χ3v) is 2.30. The average Bonchev–Trinajstić information content (AvgIpc) is 2.12. The van der Waals surface area contributed by atoms with Crippen molar-refractivity contribution in [2.75, 3.05) is 19.8 Å². The van der Waals surface area contributed by atoms with Crippen LogP contribution in [0.25, 0.3) is 0 Å². The summed E-state index contributed by atoms with van der Waals surface area (Å²) in [5, 5.41) is 26.3. The van der Waals surface area contributed by atoms with E-state index in [-0.39, 0.29) is 25.7 Å². The lowest BCUT2D eigenvalue weighted by atomic mass is 9.91. The molecule has 1 atom stereocenters. The third kappa shape index (κ3) is 4.70. The van der Waals surface area contributed by atoms with Crippen LogP contribution in [0.5, 0.6) is 0 Å². The summed E-state index contributed by atoms with van der Waals surface area (Å²) in [5.41, 5.74) is 0. The summed E-state index contributed by atoms with van der Waals surface area (Å²) in [5.74, 6) is 0.417. The van der Waals surface area contributed by atoms with Gasteiger partial charge in [-0.2, -0.15) is 0 Å². The second-order valence-electron chi connectivity index (χ2n) is 3.25. The summed E-state index contributed by atoms with van der Waals surface area (Å²) in [6.45, 7) is 2.34. The molecular formula is C9H20O3. The summed E-state index contributed by atoms with van der Waals surface area (Å²) in [6, 6.07) is 0. The zero-order chi connectivity index (χ0) is 9.40. The van der Waals surface area contributed by atoms with Crippen LogP contribution in [-0.2, 0) is 0 Å². The van der Waals surface area contributed by atoms with Crippen LogP contribution in [0.3, 0.4) is 0 Å². The first kappa shape index (κ1) is 11.9. The summed E-state index contributed by atoms with van der Waals surface area (Å²) in [6.07, 6.45) is 2.58. The fourth-order valence-electron chi connectivity index (χ4n) is 1.35. The standard InChI is InChI=1S/C9H20O3/c1-2-8(3-4-10)5-9(6-11)7-12/h8-12H,2-7H2,1H3. The molecule has 12 heavy (non-hydrogen) atoms. The molecule has 0 rings (SSSR count). The van der Waals surface area contributed by atoms with E-state index in [1.807, 2.05) is 0 Å². The molecule has 0 aliphatic rings. The predicted octanol–water partition coefficient (Wildman–Crippen LogP) is 0.386. The molecule has 0 aliphatic carbocycles. The summed E-state index contributed by atoms with van der Waals surface area (Å²) < 4.78 is 0. The van der Waals surface area contributed by atoms with Gasteiger partial charge in [0.05, 0.1) is 0 Å². The number of hydrogen-bond donors (Lipinski definition) is 3. The van der Waals surface area contributed by atoms with Crippen molar-refractivity contribution >= 4 is 0 Å². The van der Waals surface area contributed by atoms with Gasteiger partial charge in [0.15, 0.2) is 0 Å². The van der Waals surface area contributed by atoms with Gasteiger partial charge in [0.2, 0.25) is 0 Å². The molecule has 0 aliphatic heterocycles. The lowest BCUT2D eigenvalue weighted by Gasteiger charge is -2.18. The molecule has 0 radical (unpaired) electrons. The minimum absolute atomic E-state index is 0.0125. The first-order valence-electron chi connectivity index (χ1n) is 4.61. The van der Waals surface area contributed by atoms with Gasteiger partial charge >= 0.3 is 0 Å². The molecule has 3 heteroatoms. The highest BCUT2D eigenvalue weighted by atomic mass is 16.3. The second kappa shape index (κ2) is 7.53. The molecular weight excluding hydrogens is 156 g/mol. The van der Waals surface area contributed by atoms with E-state index >= 15 is 0 Å². The Balaban J connectivity index is 3.65. The largest absolute Gasteiger partial charge is 0.396 e. The molecule has 0 fully saturated rings. The summed E-state index contributed by atoms with van der Waals surface area (Å²) in [4.78, 5) is 0. The SMILES string of the molecule is CCC(CCO)CC(CO)CO. The van der Waals surface area contributed by atoms with E-state index < -0.39 is 0 Å². The zero-order valence-electron chi connectivity index (χ0n) is 7.74. The average molecular weight is 176 g/mol. The van der Waals surface area contributed by atoms with E-state index in [1.54, 1.807) is 0 Å². The maximum absolute atomic E-state index is 8.82. The maximum Gasteiger partial charge on any atom is 0.0481 e. The third-order valence-electron chi connectivity index (χ3n) is 2.30. The van der Waals surface area contributed by atoms with E-state index in [1.165, 1.54) is 0 Å². The molecule has 0 saturated heterocycles. The van der Waals surface area contributed by atoms with Gasteiger partial charge in [0, 0.05) is 25.7 Å². The van der Waals surface area contributed by atoms with Crippen LogP contribution in [-0.4, -0.2) is 35.1 Å². The Kier molecular flexibility index (Phi) is 7.45. The molecule has 0 aromatic rings. The fourth-order valence-corrected chi connectivity index (χ4v) is 1.35. The van der Waals surface area contributed by atoms with Crippen LogP contribution < -0.4 is 0 Å². The molecule has 0 saturated carbocycles. The first-order chi connectivity index (χ1) is 5.78. The Morgan fingerprint density at radius 3 is 1.92 bits per heavy atom. The van der Waals surface area contributed by atoms with Crippen molar-refractivity contribution in [3.05, 3.63) is 0 Å². The minimum Gasteiger partial charge on any atom is -0.396 e. The molecule has 0 spiro atoms. The predicted molar refractivity (Wildman–Crippen MR) is 47.8 cm³/mol. The first-order valence-corrected chi connectivity index (χ1v) is 4.61. The van der Waals surface area contributed by atoms with Crippen molar-refractivity contribution in [3.63, 3.8) is 0 Å².